The minimum absolute atomic E-state index is 0.147. The zero-order chi connectivity index (χ0) is 19.8. The molecule has 1 aromatic heterocycles. The molecule has 28 heavy (non-hydrogen) atoms. The third kappa shape index (κ3) is 5.43. The smallest absolute Gasteiger partial charge is 0.255 e. The van der Waals surface area contributed by atoms with Gasteiger partial charge in [-0.3, -0.25) is 9.78 Å². The number of aryl methyl sites for hydroxylation is 1. The lowest BCUT2D eigenvalue weighted by Gasteiger charge is -2.10. The number of nitrogens with zero attached hydrogens (tertiary/aromatic N) is 1. The quantitative estimate of drug-likeness (QED) is 0.393. The van der Waals surface area contributed by atoms with Gasteiger partial charge < -0.3 is 10.1 Å². The average molecular weight is 374 g/mol. The standard InChI is InChI=1S/C24H26N2O2/c1-3-4-5-6-7-15-28-22-10-8-9-21(17-22)26-24(27)20-13-14-23-19(16-20)12-11-18(2)25-23/h3-4,8-14,16-17H,5-7,15H2,1-2H3,(H,26,27). The molecule has 0 aliphatic heterocycles. The molecular formula is C24H26N2O2. The molecule has 4 nitrogen and oxygen atoms in total. The number of fused-ring (bicyclic) bond motifs is 1. The molecule has 0 saturated carbocycles. The van der Waals surface area contributed by atoms with E-state index in [4.69, 9.17) is 4.74 Å². The van der Waals surface area contributed by atoms with Crippen LogP contribution in [-0.2, 0) is 0 Å². The van der Waals surface area contributed by atoms with Crippen LogP contribution in [0.1, 0.15) is 42.2 Å². The molecule has 0 fully saturated rings. The van der Waals surface area contributed by atoms with Crippen molar-refractivity contribution in [3.63, 3.8) is 0 Å². The van der Waals surface area contributed by atoms with E-state index < -0.39 is 0 Å². The van der Waals surface area contributed by atoms with Crippen LogP contribution < -0.4 is 10.1 Å². The highest BCUT2D eigenvalue weighted by Crippen LogP contribution is 2.20. The van der Waals surface area contributed by atoms with E-state index in [0.717, 1.165) is 47.3 Å². The first-order valence-electron chi connectivity index (χ1n) is 9.68. The molecule has 0 radical (unpaired) electrons. The molecule has 4 heteroatoms. The van der Waals surface area contributed by atoms with Crippen LogP contribution in [0.4, 0.5) is 5.69 Å². The maximum Gasteiger partial charge on any atom is 0.255 e. The van der Waals surface area contributed by atoms with Gasteiger partial charge in [-0.25, -0.2) is 0 Å². The number of carbonyl (C=O) groups excluding carboxylic acids is 1. The maximum absolute atomic E-state index is 12.6. The van der Waals surface area contributed by atoms with Crippen molar-refractivity contribution in [2.24, 2.45) is 0 Å². The molecule has 0 atom stereocenters. The lowest BCUT2D eigenvalue weighted by molar-refractivity contribution is 0.102. The second-order valence-electron chi connectivity index (χ2n) is 6.76. The van der Waals surface area contributed by atoms with E-state index in [1.165, 1.54) is 0 Å². The third-order valence-corrected chi connectivity index (χ3v) is 4.45. The van der Waals surface area contributed by atoms with Crippen molar-refractivity contribution >= 4 is 22.5 Å². The van der Waals surface area contributed by atoms with Crippen molar-refractivity contribution in [3.8, 4) is 5.75 Å². The van der Waals surface area contributed by atoms with Crippen LogP contribution >= 0.6 is 0 Å². The van der Waals surface area contributed by atoms with Crippen LogP contribution in [0.2, 0.25) is 0 Å². The Balaban J connectivity index is 1.60. The van der Waals surface area contributed by atoms with Crippen molar-refractivity contribution < 1.29 is 9.53 Å². The van der Waals surface area contributed by atoms with Gasteiger partial charge in [0.2, 0.25) is 0 Å². The predicted molar refractivity (Wildman–Crippen MR) is 115 cm³/mol. The van der Waals surface area contributed by atoms with Gasteiger partial charge in [-0.05, 0) is 69.5 Å². The number of unbranched alkanes of at least 4 members (excludes halogenated alkanes) is 2. The second-order valence-corrected chi connectivity index (χ2v) is 6.76. The number of ether oxygens (including phenoxy) is 1. The van der Waals surface area contributed by atoms with Crippen LogP contribution in [0.5, 0.6) is 5.75 Å². The Labute approximate surface area is 166 Å². The molecule has 1 amide bonds. The van der Waals surface area contributed by atoms with Crippen molar-refractivity contribution in [2.75, 3.05) is 11.9 Å². The van der Waals surface area contributed by atoms with Gasteiger partial charge in [-0.1, -0.05) is 24.3 Å². The topological polar surface area (TPSA) is 51.2 Å². The van der Waals surface area contributed by atoms with Crippen LogP contribution in [-0.4, -0.2) is 17.5 Å². The third-order valence-electron chi connectivity index (χ3n) is 4.45. The van der Waals surface area contributed by atoms with Gasteiger partial charge in [0.25, 0.3) is 5.91 Å². The highest BCUT2D eigenvalue weighted by atomic mass is 16.5. The van der Waals surface area contributed by atoms with E-state index in [1.807, 2.05) is 62.4 Å². The van der Waals surface area contributed by atoms with E-state index in [2.05, 4.69) is 22.5 Å². The lowest BCUT2D eigenvalue weighted by atomic mass is 10.1. The minimum Gasteiger partial charge on any atom is -0.494 e. The van der Waals surface area contributed by atoms with E-state index in [9.17, 15) is 4.79 Å². The highest BCUT2D eigenvalue weighted by Gasteiger charge is 2.08. The van der Waals surface area contributed by atoms with Gasteiger partial charge >= 0.3 is 0 Å². The van der Waals surface area contributed by atoms with Crippen LogP contribution in [0.25, 0.3) is 10.9 Å². The van der Waals surface area contributed by atoms with Crippen LogP contribution in [0.3, 0.4) is 0 Å². The monoisotopic (exact) mass is 374 g/mol. The summed E-state index contributed by atoms with van der Waals surface area (Å²) in [6.07, 6.45) is 7.43. The molecule has 0 spiro atoms. The molecule has 1 heterocycles. The van der Waals surface area contributed by atoms with Gasteiger partial charge in [0.1, 0.15) is 5.75 Å². The van der Waals surface area contributed by atoms with Crippen molar-refractivity contribution in [3.05, 3.63) is 78.0 Å². The maximum atomic E-state index is 12.6. The van der Waals surface area contributed by atoms with Crippen molar-refractivity contribution in [1.29, 1.82) is 0 Å². The largest absolute Gasteiger partial charge is 0.494 e. The van der Waals surface area contributed by atoms with Gasteiger partial charge in [0.05, 0.1) is 12.1 Å². The first kappa shape index (κ1) is 19.6. The van der Waals surface area contributed by atoms with Crippen LogP contribution in [0, 0.1) is 6.92 Å². The number of aromatic nitrogens is 1. The summed E-state index contributed by atoms with van der Waals surface area (Å²) in [7, 11) is 0. The van der Waals surface area contributed by atoms with E-state index in [0.29, 0.717) is 12.2 Å². The minimum atomic E-state index is -0.147. The molecule has 3 rings (SSSR count). The van der Waals surface area contributed by atoms with E-state index in [1.54, 1.807) is 6.07 Å². The molecule has 0 unspecified atom stereocenters. The Morgan fingerprint density at radius 2 is 2.00 bits per heavy atom. The zero-order valence-corrected chi connectivity index (χ0v) is 16.4. The Hall–Kier alpha value is -3.14. The molecule has 1 N–H and O–H groups in total. The Morgan fingerprint density at radius 1 is 1.11 bits per heavy atom. The summed E-state index contributed by atoms with van der Waals surface area (Å²) < 4.78 is 5.80. The fourth-order valence-corrected chi connectivity index (χ4v) is 2.96. The lowest BCUT2D eigenvalue weighted by Crippen LogP contribution is -2.12. The number of carbonyl (C=O) groups is 1. The molecule has 144 valence electrons. The number of hydrogen-bond donors (Lipinski definition) is 1. The SMILES string of the molecule is CC=CCCCCOc1cccc(NC(=O)c2ccc3nc(C)ccc3c2)c1. The second kappa shape index (κ2) is 9.70. The first-order chi connectivity index (χ1) is 13.7. The Bertz CT molecular complexity index is 979. The average Bonchev–Trinajstić information content (AvgIpc) is 2.70. The molecule has 3 aromatic rings. The number of hydrogen-bond acceptors (Lipinski definition) is 3. The summed E-state index contributed by atoms with van der Waals surface area (Å²) in [4.78, 5) is 17.1. The number of allylic oxidation sites excluding steroid dienone is 2. The normalized spacial score (nSPS) is 11.1. The molecule has 0 saturated heterocycles. The van der Waals surface area contributed by atoms with Crippen LogP contribution in [0.15, 0.2) is 66.7 Å². The molecule has 0 aliphatic rings. The van der Waals surface area contributed by atoms with E-state index in [-0.39, 0.29) is 5.91 Å². The Kier molecular flexibility index (Phi) is 6.79. The molecule has 0 bridgehead atoms. The zero-order valence-electron chi connectivity index (χ0n) is 16.4. The summed E-state index contributed by atoms with van der Waals surface area (Å²) in [6, 6.07) is 17.0. The number of benzene rings is 2. The molecule has 0 aliphatic carbocycles. The van der Waals surface area contributed by atoms with Gasteiger partial charge in [-0.2, -0.15) is 0 Å². The summed E-state index contributed by atoms with van der Waals surface area (Å²) in [5.41, 5.74) is 3.18. The summed E-state index contributed by atoms with van der Waals surface area (Å²) in [5, 5.41) is 3.90. The fraction of sp³-hybridized carbons (Fsp3) is 0.250. The molecule has 2 aromatic carbocycles. The number of pyridine rings is 1. The van der Waals surface area contributed by atoms with Crippen molar-refractivity contribution in [1.82, 2.24) is 4.98 Å². The number of nitrogens with one attached hydrogen (secondary N) is 1. The highest BCUT2D eigenvalue weighted by molar-refractivity contribution is 6.06. The predicted octanol–water partition coefficient (Wildman–Crippen LogP) is 5.92. The van der Waals surface area contributed by atoms with Gasteiger partial charge in [0, 0.05) is 28.4 Å². The number of amides is 1. The fourth-order valence-electron chi connectivity index (χ4n) is 2.96. The van der Waals surface area contributed by atoms with Gasteiger partial charge in [-0.15, -0.1) is 0 Å². The number of rotatable bonds is 8. The number of anilines is 1. The Morgan fingerprint density at radius 3 is 2.86 bits per heavy atom. The summed E-state index contributed by atoms with van der Waals surface area (Å²) in [5.74, 6) is 0.619. The summed E-state index contributed by atoms with van der Waals surface area (Å²) >= 11 is 0. The molecular weight excluding hydrogens is 348 g/mol. The first-order valence-corrected chi connectivity index (χ1v) is 9.68. The van der Waals surface area contributed by atoms with Crippen molar-refractivity contribution in [2.45, 2.75) is 33.1 Å². The van der Waals surface area contributed by atoms with Gasteiger partial charge in [0.15, 0.2) is 0 Å². The summed E-state index contributed by atoms with van der Waals surface area (Å²) in [6.45, 7) is 4.66. The van der Waals surface area contributed by atoms with E-state index >= 15 is 0 Å².